The van der Waals surface area contributed by atoms with Gasteiger partial charge in [0.15, 0.2) is 0 Å². The summed E-state index contributed by atoms with van der Waals surface area (Å²) in [5, 5.41) is 4.41. The molecule has 58 heavy (non-hydrogen) atoms. The molecule has 0 radical (unpaired) electrons. The van der Waals surface area contributed by atoms with E-state index in [0.717, 1.165) is 88.6 Å². The largest absolute Gasteiger partial charge is 0.276 e. The highest BCUT2D eigenvalue weighted by Crippen LogP contribution is 2.42. The topological polar surface area (TPSA) is 61.4 Å². The Balaban J connectivity index is 0.00000201. The van der Waals surface area contributed by atoms with Crippen LogP contribution in [0.3, 0.4) is 0 Å². The zero-order chi connectivity index (χ0) is 39.0. The molecule has 6 nitrogen and oxygen atoms in total. The normalized spacial score (nSPS) is 11.3. The number of fused-ring (bicyclic) bond motifs is 7. The van der Waals surface area contributed by atoms with Crippen molar-refractivity contribution in [3.63, 3.8) is 0 Å². The van der Waals surface area contributed by atoms with Crippen molar-refractivity contribution in [2.45, 2.75) is 13.8 Å². The number of aromatic nitrogens is 6. The minimum absolute atomic E-state index is 0.588. The van der Waals surface area contributed by atoms with Crippen LogP contribution in [0.5, 0.6) is 0 Å². The van der Waals surface area contributed by atoms with Crippen LogP contribution >= 0.6 is 0 Å². The van der Waals surface area contributed by atoms with Crippen molar-refractivity contribution in [2.24, 2.45) is 0 Å². The monoisotopic (exact) mass is 746 g/mol. The van der Waals surface area contributed by atoms with E-state index in [9.17, 15) is 0 Å². The van der Waals surface area contributed by atoms with Crippen LogP contribution in [0.1, 0.15) is 13.8 Å². The Morgan fingerprint density at radius 1 is 0.293 bits per heavy atom. The Morgan fingerprint density at radius 3 is 0.879 bits per heavy atom. The van der Waals surface area contributed by atoms with Crippen molar-refractivity contribution in [1.82, 2.24) is 29.1 Å². The molecule has 4 heterocycles. The molecule has 0 bridgehead atoms. The first kappa shape index (κ1) is 34.8. The molecule has 0 aliphatic heterocycles. The van der Waals surface area contributed by atoms with E-state index in [-0.39, 0.29) is 0 Å². The lowest BCUT2D eigenvalue weighted by molar-refractivity contribution is 0.979. The van der Waals surface area contributed by atoms with Gasteiger partial charge in [0.05, 0.1) is 44.8 Å². The molecule has 0 N–H and O–H groups in total. The number of para-hydroxylation sites is 2. The standard InChI is InChI=1S/C50H32N6.C2H6/c1-5-17-33(18-6-1)41-31-42(34-19-7-2-8-20-34)52-49(51-41)55-45-27-15-13-25-37(45)39-29-30-40-38-26-14-16-28-46(38)56(48(40)47(39)55)50-53-43(35-21-9-3-10-22-35)32-44(54-50)36-23-11-4-12-24-36;1-2/h1-32H;1-2H3. The first-order valence-electron chi connectivity index (χ1n) is 19.7. The molecule has 4 aromatic heterocycles. The van der Waals surface area contributed by atoms with E-state index in [1.165, 1.54) is 0 Å². The van der Waals surface area contributed by atoms with Gasteiger partial charge in [0.25, 0.3) is 0 Å². The molecule has 0 aliphatic carbocycles. The second-order valence-corrected chi connectivity index (χ2v) is 13.9. The number of hydrogen-bond acceptors (Lipinski definition) is 4. The van der Waals surface area contributed by atoms with E-state index in [2.05, 4.69) is 179 Å². The van der Waals surface area contributed by atoms with Gasteiger partial charge < -0.3 is 0 Å². The van der Waals surface area contributed by atoms with Crippen LogP contribution < -0.4 is 0 Å². The van der Waals surface area contributed by atoms with Crippen LogP contribution in [0.4, 0.5) is 0 Å². The Morgan fingerprint density at radius 2 is 0.569 bits per heavy atom. The average molecular weight is 747 g/mol. The average Bonchev–Trinajstić information content (AvgIpc) is 3.84. The molecule has 0 saturated heterocycles. The first-order chi connectivity index (χ1) is 28.8. The van der Waals surface area contributed by atoms with Gasteiger partial charge in [-0.25, -0.2) is 19.9 Å². The van der Waals surface area contributed by atoms with Crippen LogP contribution in [-0.2, 0) is 0 Å². The molecule has 276 valence electrons. The maximum absolute atomic E-state index is 5.35. The van der Waals surface area contributed by atoms with Crippen molar-refractivity contribution >= 4 is 43.6 Å². The van der Waals surface area contributed by atoms with Crippen molar-refractivity contribution in [3.8, 4) is 56.9 Å². The highest BCUT2D eigenvalue weighted by molar-refractivity contribution is 6.23. The van der Waals surface area contributed by atoms with Gasteiger partial charge in [-0.15, -0.1) is 0 Å². The van der Waals surface area contributed by atoms with Gasteiger partial charge >= 0.3 is 0 Å². The van der Waals surface area contributed by atoms with E-state index >= 15 is 0 Å². The summed E-state index contributed by atoms with van der Waals surface area (Å²) in [6, 6.07) is 67.1. The van der Waals surface area contributed by atoms with Crippen LogP contribution in [-0.4, -0.2) is 29.1 Å². The molecule has 0 saturated carbocycles. The van der Waals surface area contributed by atoms with Gasteiger partial charge in [0.1, 0.15) is 0 Å². The van der Waals surface area contributed by atoms with Gasteiger partial charge in [0.2, 0.25) is 11.9 Å². The molecule has 0 fully saturated rings. The van der Waals surface area contributed by atoms with E-state index in [4.69, 9.17) is 19.9 Å². The summed E-state index contributed by atoms with van der Waals surface area (Å²) >= 11 is 0. The zero-order valence-corrected chi connectivity index (χ0v) is 32.2. The van der Waals surface area contributed by atoms with Crippen LogP contribution in [0.15, 0.2) is 194 Å². The van der Waals surface area contributed by atoms with Crippen molar-refractivity contribution in [3.05, 3.63) is 194 Å². The van der Waals surface area contributed by atoms with Gasteiger partial charge in [0, 0.05) is 43.8 Å². The van der Waals surface area contributed by atoms with E-state index in [1.54, 1.807) is 0 Å². The highest BCUT2D eigenvalue weighted by atomic mass is 15.2. The summed E-state index contributed by atoms with van der Waals surface area (Å²) in [6.45, 7) is 4.00. The third-order valence-electron chi connectivity index (χ3n) is 10.6. The molecule has 11 aromatic rings. The van der Waals surface area contributed by atoms with Crippen molar-refractivity contribution < 1.29 is 0 Å². The quantitative estimate of drug-likeness (QED) is 0.170. The fraction of sp³-hybridized carbons (Fsp3) is 0.0385. The number of benzene rings is 7. The lowest BCUT2D eigenvalue weighted by atomic mass is 10.1. The van der Waals surface area contributed by atoms with E-state index in [1.807, 2.05) is 38.1 Å². The van der Waals surface area contributed by atoms with Crippen LogP contribution in [0.2, 0.25) is 0 Å². The maximum atomic E-state index is 5.35. The predicted octanol–water partition coefficient (Wildman–Crippen LogP) is 13.2. The third kappa shape index (κ3) is 5.90. The van der Waals surface area contributed by atoms with Gasteiger partial charge in [-0.1, -0.05) is 184 Å². The first-order valence-corrected chi connectivity index (χ1v) is 19.7. The zero-order valence-electron chi connectivity index (χ0n) is 32.2. The Bertz CT molecular complexity index is 2890. The van der Waals surface area contributed by atoms with E-state index < -0.39 is 0 Å². The number of hydrogen-bond donors (Lipinski definition) is 0. The summed E-state index contributed by atoms with van der Waals surface area (Å²) in [5.41, 5.74) is 11.5. The third-order valence-corrected chi connectivity index (χ3v) is 10.6. The molecule has 0 unspecified atom stereocenters. The van der Waals surface area contributed by atoms with Gasteiger partial charge in [-0.3, -0.25) is 9.13 Å². The molecule has 0 amide bonds. The molecule has 0 aliphatic rings. The second-order valence-electron chi connectivity index (χ2n) is 13.9. The molecule has 7 aromatic carbocycles. The molecular formula is C52H38N6. The van der Waals surface area contributed by atoms with Crippen LogP contribution in [0.25, 0.3) is 101 Å². The molecule has 0 atom stereocenters. The fourth-order valence-corrected chi connectivity index (χ4v) is 8.01. The van der Waals surface area contributed by atoms with E-state index in [0.29, 0.717) is 11.9 Å². The molecular weight excluding hydrogens is 709 g/mol. The van der Waals surface area contributed by atoms with Crippen LogP contribution in [0, 0.1) is 0 Å². The fourth-order valence-electron chi connectivity index (χ4n) is 8.01. The Hall–Kier alpha value is -7.70. The summed E-state index contributed by atoms with van der Waals surface area (Å²) in [5.74, 6) is 1.18. The van der Waals surface area contributed by atoms with Gasteiger partial charge in [-0.2, -0.15) is 0 Å². The van der Waals surface area contributed by atoms with Crippen molar-refractivity contribution in [2.75, 3.05) is 0 Å². The summed E-state index contributed by atoms with van der Waals surface area (Å²) in [6.07, 6.45) is 0. The predicted molar refractivity (Wildman–Crippen MR) is 239 cm³/mol. The maximum Gasteiger partial charge on any atom is 0.235 e. The summed E-state index contributed by atoms with van der Waals surface area (Å²) in [7, 11) is 0. The van der Waals surface area contributed by atoms with Gasteiger partial charge in [-0.05, 0) is 24.3 Å². The lowest BCUT2D eigenvalue weighted by Crippen LogP contribution is -2.07. The SMILES string of the molecule is CC.c1ccc(-c2cc(-c3ccccc3)nc(-n3c4ccccc4c4ccc5c6ccccc6n(-c6nc(-c7ccccc7)cc(-c7ccccc7)n6)c5c43)n2)cc1. The van der Waals surface area contributed by atoms with Crippen molar-refractivity contribution in [1.29, 1.82) is 0 Å². The lowest BCUT2D eigenvalue weighted by Gasteiger charge is -2.14. The molecule has 0 spiro atoms. The summed E-state index contributed by atoms with van der Waals surface area (Å²) in [4.78, 5) is 21.4. The molecule has 11 rings (SSSR count). The Labute approximate surface area is 336 Å². The summed E-state index contributed by atoms with van der Waals surface area (Å²) < 4.78 is 4.47. The smallest absolute Gasteiger partial charge is 0.235 e. The second kappa shape index (κ2) is 14.8. The Kier molecular flexibility index (Phi) is 8.84. The minimum atomic E-state index is 0.588. The number of nitrogens with zero attached hydrogens (tertiary/aromatic N) is 6. The number of rotatable bonds is 6. The minimum Gasteiger partial charge on any atom is -0.276 e. The molecule has 6 heteroatoms. The highest BCUT2D eigenvalue weighted by Gasteiger charge is 2.24.